The average molecular weight is 450 g/mol. The van der Waals surface area contributed by atoms with E-state index in [1.54, 1.807) is 0 Å². The number of benzene rings is 2. The minimum atomic E-state index is 0.115. The molecule has 0 aromatic heterocycles. The molecule has 0 radical (unpaired) electrons. The molecule has 2 aromatic rings. The van der Waals surface area contributed by atoms with Crippen molar-refractivity contribution in [2.75, 3.05) is 10.7 Å². The van der Waals surface area contributed by atoms with Gasteiger partial charge in [-0.05, 0) is 35.8 Å². The van der Waals surface area contributed by atoms with Crippen LogP contribution < -0.4 is 0 Å². The number of hydrogen-bond donors (Lipinski definition) is 0. The van der Waals surface area contributed by atoms with E-state index in [2.05, 4.69) is 56.1 Å². The lowest BCUT2D eigenvalue weighted by atomic mass is 10.0. The predicted octanol–water partition coefficient (Wildman–Crippen LogP) is 5.19. The van der Waals surface area contributed by atoms with Crippen molar-refractivity contribution in [3.63, 3.8) is 0 Å². The highest BCUT2D eigenvalue weighted by Gasteiger charge is 2.37. The van der Waals surface area contributed by atoms with Crippen LogP contribution in [0.1, 0.15) is 44.2 Å². The third-order valence-corrected chi connectivity index (χ3v) is 5.62. The Kier molecular flexibility index (Phi) is 5.67. The molecular formula is C20H18Br2O2. The van der Waals surface area contributed by atoms with Gasteiger partial charge < -0.3 is 0 Å². The zero-order chi connectivity index (χ0) is 17.1. The lowest BCUT2D eigenvalue weighted by Crippen LogP contribution is -2.00. The molecule has 3 rings (SSSR count). The molecule has 2 nitrogen and oxygen atoms in total. The summed E-state index contributed by atoms with van der Waals surface area (Å²) in [5.74, 6) is 1.47. The monoisotopic (exact) mass is 448 g/mol. The molecule has 1 saturated carbocycles. The predicted molar refractivity (Wildman–Crippen MR) is 104 cm³/mol. The number of carbonyl (C=O) groups is 2. The van der Waals surface area contributed by atoms with Crippen molar-refractivity contribution in [3.05, 3.63) is 70.8 Å². The highest BCUT2D eigenvalue weighted by Crippen LogP contribution is 2.49. The molecule has 1 aliphatic carbocycles. The van der Waals surface area contributed by atoms with E-state index in [1.165, 1.54) is 17.5 Å². The molecule has 1 aliphatic rings. The van der Waals surface area contributed by atoms with Gasteiger partial charge in [0.05, 0.1) is 10.7 Å². The maximum atomic E-state index is 11.6. The molecular weight excluding hydrogens is 432 g/mol. The minimum absolute atomic E-state index is 0.115. The van der Waals surface area contributed by atoms with Gasteiger partial charge >= 0.3 is 0 Å². The van der Waals surface area contributed by atoms with Crippen LogP contribution in [0, 0.1) is 5.92 Å². The van der Waals surface area contributed by atoms with Crippen molar-refractivity contribution < 1.29 is 9.59 Å². The van der Waals surface area contributed by atoms with Crippen molar-refractivity contribution in [3.8, 4) is 0 Å². The molecule has 0 spiro atoms. The topological polar surface area (TPSA) is 34.1 Å². The van der Waals surface area contributed by atoms with Gasteiger partial charge in [0.2, 0.25) is 0 Å². The average Bonchev–Trinajstić information content (AvgIpc) is 3.40. The molecule has 0 heterocycles. The first-order valence-electron chi connectivity index (χ1n) is 7.99. The van der Waals surface area contributed by atoms with Gasteiger partial charge in [-0.2, -0.15) is 0 Å². The van der Waals surface area contributed by atoms with Crippen LogP contribution in [0.2, 0.25) is 0 Å². The second-order valence-corrected chi connectivity index (χ2v) is 7.36. The Morgan fingerprint density at radius 2 is 1.33 bits per heavy atom. The summed E-state index contributed by atoms with van der Waals surface area (Å²) in [4.78, 5) is 23.3. The maximum absolute atomic E-state index is 11.6. The number of carbonyl (C=O) groups excluding carboxylic acids is 2. The van der Waals surface area contributed by atoms with E-state index in [0.29, 0.717) is 22.5 Å². The first kappa shape index (κ1) is 17.6. The van der Waals surface area contributed by atoms with E-state index in [9.17, 15) is 9.59 Å². The summed E-state index contributed by atoms with van der Waals surface area (Å²) in [5.41, 5.74) is 4.12. The van der Waals surface area contributed by atoms with Crippen molar-refractivity contribution in [1.29, 1.82) is 0 Å². The molecule has 24 heavy (non-hydrogen) atoms. The second kappa shape index (κ2) is 7.75. The van der Waals surface area contributed by atoms with Crippen molar-refractivity contribution in [1.82, 2.24) is 0 Å². The molecule has 0 saturated heterocycles. The van der Waals surface area contributed by atoms with Gasteiger partial charge in [0, 0.05) is 11.1 Å². The smallest absolute Gasteiger partial charge is 0.173 e. The van der Waals surface area contributed by atoms with Gasteiger partial charge in [0.15, 0.2) is 11.6 Å². The fraction of sp³-hybridized carbons (Fsp3) is 0.300. The SMILES string of the molecule is O=C(CBr)c1ccc(CC2C[C@H]2c2ccc(C(=O)CBr)cc2)cc1. The van der Waals surface area contributed by atoms with Crippen molar-refractivity contribution in [2.45, 2.75) is 18.8 Å². The zero-order valence-electron chi connectivity index (χ0n) is 13.2. The lowest BCUT2D eigenvalue weighted by molar-refractivity contribution is 0.101. The van der Waals surface area contributed by atoms with Crippen LogP contribution in [-0.2, 0) is 6.42 Å². The molecule has 2 aromatic carbocycles. The minimum Gasteiger partial charge on any atom is -0.293 e. The van der Waals surface area contributed by atoms with Crippen LogP contribution in [0.3, 0.4) is 0 Å². The standard InChI is InChI=1S/C20H18Br2O2/c21-11-19(23)15-3-1-13(2-4-15)9-17-10-18(17)14-5-7-16(8-6-14)20(24)12-22/h1-8,17-18H,9-12H2/t17?,18-/m0/s1. The zero-order valence-corrected chi connectivity index (χ0v) is 16.3. The van der Waals surface area contributed by atoms with Crippen LogP contribution in [0.25, 0.3) is 0 Å². The van der Waals surface area contributed by atoms with Crippen LogP contribution in [0.4, 0.5) is 0 Å². The summed E-state index contributed by atoms with van der Waals surface area (Å²) in [5, 5.41) is 0.733. The van der Waals surface area contributed by atoms with Gasteiger partial charge in [-0.1, -0.05) is 80.4 Å². The summed E-state index contributed by atoms with van der Waals surface area (Å²) in [6.45, 7) is 0. The summed E-state index contributed by atoms with van der Waals surface area (Å²) in [6, 6.07) is 16.0. The Balaban J connectivity index is 1.59. The summed E-state index contributed by atoms with van der Waals surface area (Å²) < 4.78 is 0. The molecule has 4 heteroatoms. The Hall–Kier alpha value is -1.26. The third kappa shape index (κ3) is 4.04. The van der Waals surface area contributed by atoms with E-state index in [1.807, 2.05) is 24.3 Å². The number of Topliss-reactive ketones (excluding diaryl/α,β-unsaturated/α-hetero) is 2. The Labute approximate surface area is 158 Å². The largest absolute Gasteiger partial charge is 0.293 e. The number of alkyl halides is 2. The molecule has 1 unspecified atom stereocenters. The van der Waals surface area contributed by atoms with Crippen molar-refractivity contribution >= 4 is 43.4 Å². The normalized spacial score (nSPS) is 19.1. The summed E-state index contributed by atoms with van der Waals surface area (Å²) >= 11 is 6.40. The fourth-order valence-corrected chi connectivity index (χ4v) is 3.73. The molecule has 0 bridgehead atoms. The van der Waals surface area contributed by atoms with Crippen molar-refractivity contribution in [2.24, 2.45) is 5.92 Å². The number of rotatable bonds is 7. The van der Waals surface area contributed by atoms with Gasteiger partial charge in [-0.3, -0.25) is 9.59 Å². The van der Waals surface area contributed by atoms with Gasteiger partial charge in [-0.15, -0.1) is 0 Å². The van der Waals surface area contributed by atoms with E-state index in [0.717, 1.165) is 17.5 Å². The molecule has 0 aliphatic heterocycles. The van der Waals surface area contributed by atoms with Crippen LogP contribution in [0.15, 0.2) is 48.5 Å². The summed E-state index contributed by atoms with van der Waals surface area (Å²) in [7, 11) is 0. The Morgan fingerprint density at radius 3 is 1.83 bits per heavy atom. The Morgan fingerprint density at radius 1 is 0.833 bits per heavy atom. The van der Waals surface area contributed by atoms with Crippen LogP contribution in [0.5, 0.6) is 0 Å². The van der Waals surface area contributed by atoms with Crippen LogP contribution in [-0.4, -0.2) is 22.2 Å². The number of hydrogen-bond acceptors (Lipinski definition) is 2. The fourth-order valence-electron chi connectivity index (χ4n) is 3.08. The molecule has 0 N–H and O–H groups in total. The van der Waals surface area contributed by atoms with Gasteiger partial charge in [0.1, 0.15) is 0 Å². The van der Waals surface area contributed by atoms with E-state index < -0.39 is 0 Å². The highest BCUT2D eigenvalue weighted by molar-refractivity contribution is 9.09. The van der Waals surface area contributed by atoms with Gasteiger partial charge in [-0.25, -0.2) is 0 Å². The molecule has 124 valence electrons. The highest BCUT2D eigenvalue weighted by atomic mass is 79.9. The van der Waals surface area contributed by atoms with E-state index in [4.69, 9.17) is 0 Å². The number of halogens is 2. The lowest BCUT2D eigenvalue weighted by Gasteiger charge is -2.04. The van der Waals surface area contributed by atoms with E-state index >= 15 is 0 Å². The molecule has 0 amide bonds. The third-order valence-electron chi connectivity index (χ3n) is 4.60. The van der Waals surface area contributed by atoms with Gasteiger partial charge in [0.25, 0.3) is 0 Å². The summed E-state index contributed by atoms with van der Waals surface area (Å²) in [6.07, 6.45) is 2.23. The maximum Gasteiger partial charge on any atom is 0.173 e. The van der Waals surface area contributed by atoms with E-state index in [-0.39, 0.29) is 11.6 Å². The first-order valence-corrected chi connectivity index (χ1v) is 10.2. The van der Waals surface area contributed by atoms with Crippen LogP contribution >= 0.6 is 31.9 Å². The second-order valence-electron chi connectivity index (χ2n) is 6.24. The molecule has 2 atom stereocenters. The Bertz CT molecular complexity index is 735. The quantitative estimate of drug-likeness (QED) is 0.430. The molecule has 1 fully saturated rings. The first-order chi connectivity index (χ1) is 11.6. The number of ketones is 2.